The third-order valence-corrected chi connectivity index (χ3v) is 8.04. The second kappa shape index (κ2) is 14.0. The lowest BCUT2D eigenvalue weighted by atomic mass is 10.0. The number of carbonyl (C=O) groups excluding carboxylic acids is 2. The molecule has 0 radical (unpaired) electrons. The smallest absolute Gasteiger partial charge is 0.428 e. The average molecular weight is 602 g/mol. The first kappa shape index (κ1) is 32.2. The Kier molecular flexibility index (Phi) is 11.0. The van der Waals surface area contributed by atoms with Gasteiger partial charge >= 0.3 is 18.2 Å². The summed E-state index contributed by atoms with van der Waals surface area (Å²) in [5.41, 5.74) is 6.55. The molecule has 1 fully saturated rings. The molecule has 0 aromatic heterocycles. The Bertz CT molecular complexity index is 1250. The molecule has 2 aromatic carbocycles. The van der Waals surface area contributed by atoms with E-state index in [0.717, 1.165) is 4.31 Å². The number of hydrogen-bond acceptors (Lipinski definition) is 8. The van der Waals surface area contributed by atoms with Crippen LogP contribution in [0.15, 0.2) is 59.5 Å². The summed E-state index contributed by atoms with van der Waals surface area (Å²) in [4.78, 5) is 24.8. The number of nitrogens with two attached hydrogens (primary N) is 1. The van der Waals surface area contributed by atoms with E-state index in [2.05, 4.69) is 0 Å². The zero-order chi connectivity index (χ0) is 30.2. The molecule has 1 aliphatic rings. The number of sulfonamides is 1. The molecule has 1 aliphatic heterocycles. The van der Waals surface area contributed by atoms with Gasteiger partial charge in [-0.1, -0.05) is 44.2 Å². The molecule has 0 saturated carbocycles. The third kappa shape index (κ3) is 9.61. The zero-order valence-electron chi connectivity index (χ0n) is 22.7. The average Bonchev–Trinajstić information content (AvgIpc) is 3.40. The zero-order valence-corrected chi connectivity index (χ0v) is 23.5. The predicted octanol–water partition coefficient (Wildman–Crippen LogP) is 3.52. The molecule has 0 aliphatic carbocycles. The molecule has 2 aromatic rings. The maximum atomic E-state index is 13.7. The Morgan fingerprint density at radius 2 is 1.76 bits per heavy atom. The molecule has 3 N–H and O–H groups in total. The minimum Gasteiger partial charge on any atom is -0.428 e. The van der Waals surface area contributed by atoms with Crippen LogP contribution in [-0.4, -0.2) is 75.5 Å². The van der Waals surface area contributed by atoms with Crippen LogP contribution in [0.25, 0.3) is 0 Å². The van der Waals surface area contributed by atoms with Crippen LogP contribution in [0, 0.1) is 5.92 Å². The summed E-state index contributed by atoms with van der Waals surface area (Å²) >= 11 is 0. The normalized spacial score (nSPS) is 17.3. The minimum absolute atomic E-state index is 0.0661. The van der Waals surface area contributed by atoms with Crippen molar-refractivity contribution >= 4 is 27.8 Å². The van der Waals surface area contributed by atoms with Gasteiger partial charge in [0.1, 0.15) is 12.2 Å². The fraction of sp³-hybridized carbons (Fsp3) is 0.481. The van der Waals surface area contributed by atoms with Gasteiger partial charge in [0.15, 0.2) is 0 Å². The molecule has 1 heterocycles. The summed E-state index contributed by atoms with van der Waals surface area (Å²) < 4.78 is 84.3. The SMILES string of the molecule is CC(C)CN(CC(OC(=O)OC1CCOC1)C(Cc1ccccc1)NC(=O)C(F)(F)F)S(=O)(=O)c1ccc(N)cc1. The molecule has 10 nitrogen and oxygen atoms in total. The first-order valence-electron chi connectivity index (χ1n) is 13.0. The number of rotatable bonds is 12. The van der Waals surface area contributed by atoms with Crippen molar-refractivity contribution in [2.24, 2.45) is 5.92 Å². The van der Waals surface area contributed by atoms with E-state index in [1.807, 2.05) is 5.32 Å². The number of ether oxygens (including phenoxy) is 3. The van der Waals surface area contributed by atoms with Crippen molar-refractivity contribution in [1.29, 1.82) is 0 Å². The summed E-state index contributed by atoms with van der Waals surface area (Å²) in [5, 5.41) is 1.90. The predicted molar refractivity (Wildman–Crippen MR) is 143 cm³/mol. The van der Waals surface area contributed by atoms with Crippen LogP contribution in [0.5, 0.6) is 0 Å². The lowest BCUT2D eigenvalue weighted by Gasteiger charge is -2.33. The van der Waals surface area contributed by atoms with Gasteiger partial charge in [0, 0.05) is 18.7 Å². The van der Waals surface area contributed by atoms with Gasteiger partial charge in [-0.3, -0.25) is 4.79 Å². The van der Waals surface area contributed by atoms with Gasteiger partial charge in [-0.15, -0.1) is 0 Å². The second-order valence-corrected chi connectivity index (χ2v) is 12.0. The van der Waals surface area contributed by atoms with Gasteiger partial charge in [0.05, 0.1) is 30.7 Å². The molecule has 226 valence electrons. The Hall–Kier alpha value is -3.36. The Morgan fingerprint density at radius 3 is 2.32 bits per heavy atom. The lowest BCUT2D eigenvalue weighted by Crippen LogP contribution is -2.55. The molecule has 1 amide bonds. The summed E-state index contributed by atoms with van der Waals surface area (Å²) in [6.07, 6.45) is -8.48. The van der Waals surface area contributed by atoms with E-state index in [1.165, 1.54) is 24.3 Å². The largest absolute Gasteiger partial charge is 0.509 e. The van der Waals surface area contributed by atoms with Crippen LogP contribution < -0.4 is 11.1 Å². The molecule has 1 saturated heterocycles. The first-order chi connectivity index (χ1) is 19.3. The molecule has 0 spiro atoms. The Balaban J connectivity index is 2.01. The molecule has 3 rings (SSSR count). The fourth-order valence-electron chi connectivity index (χ4n) is 4.20. The maximum absolute atomic E-state index is 13.7. The second-order valence-electron chi connectivity index (χ2n) is 10.1. The van der Waals surface area contributed by atoms with Gasteiger partial charge in [0.25, 0.3) is 0 Å². The topological polar surface area (TPSA) is 137 Å². The summed E-state index contributed by atoms with van der Waals surface area (Å²) in [6, 6.07) is 12.2. The van der Waals surface area contributed by atoms with Crippen molar-refractivity contribution in [3.63, 3.8) is 0 Å². The Morgan fingerprint density at radius 1 is 1.10 bits per heavy atom. The van der Waals surface area contributed by atoms with Gasteiger partial charge in [-0.2, -0.15) is 17.5 Å². The fourth-order valence-corrected chi connectivity index (χ4v) is 5.82. The van der Waals surface area contributed by atoms with Crippen molar-refractivity contribution in [3.05, 3.63) is 60.2 Å². The van der Waals surface area contributed by atoms with E-state index in [1.54, 1.807) is 44.2 Å². The number of alkyl halides is 3. The van der Waals surface area contributed by atoms with E-state index >= 15 is 0 Å². The van der Waals surface area contributed by atoms with Crippen LogP contribution in [0.3, 0.4) is 0 Å². The molecule has 0 bridgehead atoms. The van der Waals surface area contributed by atoms with E-state index in [-0.39, 0.29) is 30.4 Å². The highest BCUT2D eigenvalue weighted by Gasteiger charge is 2.43. The van der Waals surface area contributed by atoms with Gasteiger partial charge in [0.2, 0.25) is 10.0 Å². The molecular weight excluding hydrogens is 567 g/mol. The van der Waals surface area contributed by atoms with Crippen LogP contribution in [0.4, 0.5) is 23.7 Å². The minimum atomic E-state index is -5.24. The van der Waals surface area contributed by atoms with Crippen LogP contribution >= 0.6 is 0 Å². The van der Waals surface area contributed by atoms with Crippen molar-refractivity contribution in [2.75, 3.05) is 32.0 Å². The molecular formula is C27H34F3N3O7S. The van der Waals surface area contributed by atoms with Crippen molar-refractivity contribution in [1.82, 2.24) is 9.62 Å². The number of halogens is 3. The number of carbonyl (C=O) groups is 2. The van der Waals surface area contributed by atoms with Gasteiger partial charge in [-0.25, -0.2) is 13.2 Å². The number of nitrogens with one attached hydrogen (secondary N) is 1. The molecule has 41 heavy (non-hydrogen) atoms. The standard InChI is InChI=1S/C27H34F3N3O7S/c1-18(2)15-33(41(36,37)22-10-8-20(31)9-11-22)16-24(40-26(35)39-21-12-13-38-17-21)23(32-25(34)27(28,29)30)14-19-6-4-3-5-7-19/h3-11,18,21,23-24H,12-17,31H2,1-2H3,(H,32,34). The number of amides is 1. The first-order valence-corrected chi connectivity index (χ1v) is 14.4. The molecule has 3 unspecified atom stereocenters. The quantitative estimate of drug-likeness (QED) is 0.279. The van der Waals surface area contributed by atoms with Crippen molar-refractivity contribution in [3.8, 4) is 0 Å². The highest BCUT2D eigenvalue weighted by Crippen LogP contribution is 2.23. The highest BCUT2D eigenvalue weighted by molar-refractivity contribution is 7.89. The van der Waals surface area contributed by atoms with E-state index in [0.29, 0.717) is 24.3 Å². The number of hydrogen-bond donors (Lipinski definition) is 2. The number of nitrogen functional groups attached to an aromatic ring is 1. The number of benzene rings is 2. The lowest BCUT2D eigenvalue weighted by molar-refractivity contribution is -0.175. The van der Waals surface area contributed by atoms with Gasteiger partial charge in [-0.05, 0) is 42.2 Å². The molecule has 3 atom stereocenters. The van der Waals surface area contributed by atoms with E-state index in [9.17, 15) is 31.2 Å². The van der Waals surface area contributed by atoms with Crippen LogP contribution in [0.1, 0.15) is 25.8 Å². The monoisotopic (exact) mass is 601 g/mol. The van der Waals surface area contributed by atoms with Crippen LogP contribution in [0.2, 0.25) is 0 Å². The molecule has 14 heteroatoms. The van der Waals surface area contributed by atoms with E-state index in [4.69, 9.17) is 19.9 Å². The summed E-state index contributed by atoms with van der Waals surface area (Å²) in [7, 11) is -4.24. The third-order valence-electron chi connectivity index (χ3n) is 6.19. The van der Waals surface area contributed by atoms with Crippen molar-refractivity contribution < 1.29 is 45.4 Å². The summed E-state index contributed by atoms with van der Waals surface area (Å²) in [5.74, 6) is -2.49. The van der Waals surface area contributed by atoms with Gasteiger partial charge < -0.3 is 25.3 Å². The number of anilines is 1. The number of nitrogens with zero attached hydrogens (tertiary/aromatic N) is 1. The van der Waals surface area contributed by atoms with E-state index < -0.39 is 53.1 Å². The van der Waals surface area contributed by atoms with Crippen LogP contribution in [-0.2, 0) is 35.4 Å². The van der Waals surface area contributed by atoms with Crippen molar-refractivity contribution in [2.45, 2.75) is 56.0 Å². The Labute approximate surface area is 237 Å². The summed E-state index contributed by atoms with van der Waals surface area (Å²) in [6.45, 7) is 3.33. The maximum Gasteiger partial charge on any atom is 0.509 e. The highest BCUT2D eigenvalue weighted by atomic mass is 32.2.